The van der Waals surface area contributed by atoms with Crippen LogP contribution in [-0.4, -0.2) is 29.1 Å². The molecular formula is C21H22FN3O2. The number of nitrogens with zero attached hydrogens (tertiary/aromatic N) is 2. The van der Waals surface area contributed by atoms with Crippen LogP contribution in [0.15, 0.2) is 42.5 Å². The van der Waals surface area contributed by atoms with E-state index in [1.54, 1.807) is 25.1 Å². The molecule has 0 aliphatic carbocycles. The van der Waals surface area contributed by atoms with Gasteiger partial charge >= 0.3 is 5.97 Å². The number of ether oxygens (including phenoxy) is 1. The summed E-state index contributed by atoms with van der Waals surface area (Å²) in [7, 11) is 1.34. The Balaban J connectivity index is 2.13. The number of nitrogens with one attached hydrogen (secondary N) is 1. The van der Waals surface area contributed by atoms with E-state index in [4.69, 9.17) is 4.74 Å². The van der Waals surface area contributed by atoms with E-state index in [0.29, 0.717) is 17.0 Å². The van der Waals surface area contributed by atoms with Crippen LogP contribution in [0.3, 0.4) is 0 Å². The van der Waals surface area contributed by atoms with Gasteiger partial charge in [-0.2, -0.15) is 0 Å². The Kier molecular flexibility index (Phi) is 5.35. The largest absolute Gasteiger partial charge is 0.467 e. The summed E-state index contributed by atoms with van der Waals surface area (Å²) in [6.07, 6.45) is 0. The Morgan fingerprint density at radius 2 is 1.78 bits per heavy atom. The van der Waals surface area contributed by atoms with Gasteiger partial charge in [0.25, 0.3) is 0 Å². The van der Waals surface area contributed by atoms with Crippen LogP contribution in [0.4, 0.5) is 10.3 Å². The van der Waals surface area contributed by atoms with E-state index in [1.807, 2.05) is 32.0 Å². The fourth-order valence-electron chi connectivity index (χ4n) is 2.88. The van der Waals surface area contributed by atoms with Crippen LogP contribution in [0, 0.1) is 5.82 Å². The van der Waals surface area contributed by atoms with Crippen molar-refractivity contribution in [2.75, 3.05) is 12.4 Å². The number of hydrogen-bond acceptors (Lipinski definition) is 5. The minimum Gasteiger partial charge on any atom is -0.467 e. The fourth-order valence-corrected chi connectivity index (χ4v) is 2.88. The lowest BCUT2D eigenvalue weighted by Gasteiger charge is -2.15. The summed E-state index contributed by atoms with van der Waals surface area (Å²) >= 11 is 0. The first-order chi connectivity index (χ1) is 12.9. The van der Waals surface area contributed by atoms with E-state index < -0.39 is 12.0 Å². The quantitative estimate of drug-likeness (QED) is 0.671. The molecular weight excluding hydrogens is 345 g/mol. The number of aromatic nitrogens is 2. The number of esters is 1. The van der Waals surface area contributed by atoms with Crippen molar-refractivity contribution in [2.24, 2.45) is 0 Å². The second-order valence-electron chi connectivity index (χ2n) is 6.69. The predicted octanol–water partition coefficient (Wildman–Crippen LogP) is 4.53. The molecule has 3 rings (SSSR count). The lowest BCUT2D eigenvalue weighted by Crippen LogP contribution is -2.28. The molecule has 6 heteroatoms. The van der Waals surface area contributed by atoms with Gasteiger partial charge in [-0.1, -0.05) is 38.1 Å². The molecule has 27 heavy (non-hydrogen) atoms. The van der Waals surface area contributed by atoms with Crippen molar-refractivity contribution in [2.45, 2.75) is 32.7 Å². The van der Waals surface area contributed by atoms with Crippen molar-refractivity contribution in [1.29, 1.82) is 0 Å². The van der Waals surface area contributed by atoms with Gasteiger partial charge in [0.1, 0.15) is 11.9 Å². The molecule has 140 valence electrons. The highest BCUT2D eigenvalue weighted by atomic mass is 19.1. The first-order valence-electron chi connectivity index (χ1n) is 8.81. The van der Waals surface area contributed by atoms with Gasteiger partial charge in [0.05, 0.1) is 12.8 Å². The Bertz CT molecular complexity index is 988. The van der Waals surface area contributed by atoms with Crippen molar-refractivity contribution >= 4 is 22.7 Å². The number of carbonyl (C=O) groups is 1. The van der Waals surface area contributed by atoms with Crippen LogP contribution in [0.1, 0.15) is 32.4 Å². The molecule has 1 aromatic heterocycles. The maximum atomic E-state index is 14.2. The third kappa shape index (κ3) is 3.89. The summed E-state index contributed by atoms with van der Waals surface area (Å²) in [6.45, 7) is 5.75. The topological polar surface area (TPSA) is 64.1 Å². The van der Waals surface area contributed by atoms with Crippen LogP contribution in [-0.2, 0) is 9.53 Å². The average Bonchev–Trinajstić information content (AvgIpc) is 2.67. The van der Waals surface area contributed by atoms with Gasteiger partial charge in [0.2, 0.25) is 5.95 Å². The van der Waals surface area contributed by atoms with Crippen molar-refractivity contribution in [3.8, 4) is 11.3 Å². The van der Waals surface area contributed by atoms with Gasteiger partial charge in [0, 0.05) is 16.6 Å². The summed E-state index contributed by atoms with van der Waals surface area (Å²) in [4.78, 5) is 20.8. The smallest absolute Gasteiger partial charge is 0.328 e. The number of halogens is 1. The molecule has 1 heterocycles. The van der Waals surface area contributed by atoms with Crippen LogP contribution in [0.25, 0.3) is 22.0 Å². The lowest BCUT2D eigenvalue weighted by molar-refractivity contribution is -0.141. The van der Waals surface area contributed by atoms with Crippen molar-refractivity contribution in [1.82, 2.24) is 9.97 Å². The standard InChI is InChI=1S/C21H22FN3O2/c1-12(2)18-11-19(25-21(24-18)23-13(3)20(26)27-4)16-9-10-17(22)15-8-6-5-7-14(15)16/h5-13H,1-4H3,(H,23,24,25). The lowest BCUT2D eigenvalue weighted by atomic mass is 10.00. The second-order valence-corrected chi connectivity index (χ2v) is 6.69. The summed E-state index contributed by atoms with van der Waals surface area (Å²) in [6, 6.07) is 11.8. The number of methoxy groups -OCH3 is 1. The normalized spacial score (nSPS) is 12.2. The summed E-state index contributed by atoms with van der Waals surface area (Å²) in [5.74, 6) is -0.178. The summed E-state index contributed by atoms with van der Waals surface area (Å²) in [5.41, 5.74) is 2.31. The summed E-state index contributed by atoms with van der Waals surface area (Å²) < 4.78 is 18.9. The van der Waals surface area contributed by atoms with Gasteiger partial charge in [-0.25, -0.2) is 19.2 Å². The number of rotatable bonds is 5. The number of benzene rings is 2. The zero-order valence-corrected chi connectivity index (χ0v) is 15.8. The van der Waals surface area contributed by atoms with Crippen molar-refractivity contribution in [3.63, 3.8) is 0 Å². The number of anilines is 1. The van der Waals surface area contributed by atoms with Gasteiger partial charge in [-0.15, -0.1) is 0 Å². The molecule has 1 N–H and O–H groups in total. The Morgan fingerprint density at radius 3 is 2.44 bits per heavy atom. The Labute approximate surface area is 157 Å². The molecule has 0 amide bonds. The van der Waals surface area contributed by atoms with Crippen LogP contribution >= 0.6 is 0 Å². The second kappa shape index (κ2) is 7.70. The van der Waals surface area contributed by atoms with E-state index >= 15 is 0 Å². The van der Waals surface area contributed by atoms with Gasteiger partial charge in [-0.05, 0) is 36.4 Å². The molecule has 0 aliphatic rings. The van der Waals surface area contributed by atoms with E-state index in [0.717, 1.165) is 16.6 Å². The van der Waals surface area contributed by atoms with Crippen molar-refractivity contribution in [3.05, 3.63) is 54.0 Å². The third-order valence-corrected chi connectivity index (χ3v) is 4.38. The highest BCUT2D eigenvalue weighted by Gasteiger charge is 2.17. The predicted molar refractivity (Wildman–Crippen MR) is 104 cm³/mol. The molecule has 0 fully saturated rings. The van der Waals surface area contributed by atoms with Crippen molar-refractivity contribution < 1.29 is 13.9 Å². The molecule has 2 aromatic carbocycles. The van der Waals surface area contributed by atoms with E-state index in [1.165, 1.54) is 13.2 Å². The third-order valence-electron chi connectivity index (χ3n) is 4.38. The number of hydrogen-bond donors (Lipinski definition) is 1. The highest BCUT2D eigenvalue weighted by Crippen LogP contribution is 2.31. The Morgan fingerprint density at radius 1 is 1.07 bits per heavy atom. The molecule has 3 aromatic rings. The first kappa shape index (κ1) is 18.8. The SMILES string of the molecule is COC(=O)C(C)Nc1nc(-c2ccc(F)c3ccccc23)cc(C(C)C)n1. The van der Waals surface area contributed by atoms with Crippen LogP contribution in [0.5, 0.6) is 0 Å². The molecule has 0 radical (unpaired) electrons. The molecule has 0 saturated carbocycles. The zero-order chi connectivity index (χ0) is 19.6. The van der Waals surface area contributed by atoms with Gasteiger partial charge in [0.15, 0.2) is 0 Å². The number of carbonyl (C=O) groups excluding carboxylic acids is 1. The van der Waals surface area contributed by atoms with E-state index in [9.17, 15) is 9.18 Å². The zero-order valence-electron chi connectivity index (χ0n) is 15.8. The van der Waals surface area contributed by atoms with Gasteiger partial charge in [-0.3, -0.25) is 0 Å². The highest BCUT2D eigenvalue weighted by molar-refractivity contribution is 5.96. The molecule has 0 saturated heterocycles. The molecule has 0 bridgehead atoms. The minimum atomic E-state index is -0.588. The van der Waals surface area contributed by atoms with Gasteiger partial charge < -0.3 is 10.1 Å². The molecule has 5 nitrogen and oxygen atoms in total. The summed E-state index contributed by atoms with van der Waals surface area (Å²) in [5, 5.41) is 4.30. The molecule has 1 unspecified atom stereocenters. The maximum Gasteiger partial charge on any atom is 0.328 e. The first-order valence-corrected chi connectivity index (χ1v) is 8.81. The minimum absolute atomic E-state index is 0.160. The van der Waals surface area contributed by atoms with Crippen LogP contribution < -0.4 is 5.32 Å². The monoisotopic (exact) mass is 367 g/mol. The van der Waals surface area contributed by atoms with Crippen LogP contribution in [0.2, 0.25) is 0 Å². The Hall–Kier alpha value is -3.02. The average molecular weight is 367 g/mol. The molecule has 0 aliphatic heterocycles. The van der Waals surface area contributed by atoms with E-state index in [-0.39, 0.29) is 11.7 Å². The van der Waals surface area contributed by atoms with E-state index in [2.05, 4.69) is 15.3 Å². The maximum absolute atomic E-state index is 14.2. The fraction of sp³-hybridized carbons (Fsp3) is 0.286. The number of fused-ring (bicyclic) bond motifs is 1. The molecule has 0 spiro atoms. The molecule has 1 atom stereocenters.